The van der Waals surface area contributed by atoms with Gasteiger partial charge in [-0.1, -0.05) is 0 Å². The van der Waals surface area contributed by atoms with E-state index < -0.39 is 122 Å². The van der Waals surface area contributed by atoms with Crippen LogP contribution in [0.3, 0.4) is 0 Å². The van der Waals surface area contributed by atoms with E-state index in [0.717, 1.165) is 63.2 Å². The molecule has 24 heteroatoms. The summed E-state index contributed by atoms with van der Waals surface area (Å²) in [4.78, 5) is 60.7. The number of amides is 3. The molecule has 4 N–H and O–H groups in total. The fourth-order valence-electron chi connectivity index (χ4n) is 8.58. The van der Waals surface area contributed by atoms with E-state index in [1.165, 1.54) is 76.5 Å². The van der Waals surface area contributed by atoms with Gasteiger partial charge in [0.2, 0.25) is 0 Å². The molecule has 3 saturated heterocycles. The average Bonchev–Trinajstić information content (AvgIpc) is 3.56. The molecule has 14 nitrogen and oxygen atoms in total. The van der Waals surface area contributed by atoms with Gasteiger partial charge in [0, 0.05) is 48.5 Å². The Hall–Kier alpha value is -6.97. The van der Waals surface area contributed by atoms with Gasteiger partial charge in [-0.25, -0.2) is 13.6 Å². The highest BCUT2D eigenvalue weighted by atomic mass is 32.1. The Labute approximate surface area is 417 Å². The van der Waals surface area contributed by atoms with Crippen LogP contribution in [0.1, 0.15) is 88.4 Å². The van der Waals surface area contributed by atoms with Crippen LogP contribution in [0.4, 0.5) is 62.7 Å². The van der Waals surface area contributed by atoms with Gasteiger partial charge in [-0.3, -0.25) is 29.1 Å². The van der Waals surface area contributed by atoms with Gasteiger partial charge in [-0.05, 0) is 134 Å². The van der Waals surface area contributed by atoms with E-state index in [4.69, 9.17) is 33.9 Å². The largest absolute Gasteiger partial charge is 0.505 e. The second kappa shape index (κ2) is 18.9. The van der Waals surface area contributed by atoms with Gasteiger partial charge in [-0.2, -0.15) is 31.6 Å². The Morgan fingerprint density at radius 2 is 1.22 bits per heavy atom. The lowest BCUT2D eigenvalue weighted by Gasteiger charge is -2.39. The summed E-state index contributed by atoms with van der Waals surface area (Å²) in [7, 11) is 0. The van der Waals surface area contributed by atoms with Crippen LogP contribution in [0.2, 0.25) is 0 Å². The number of phenolic OH excluding ortho intramolecular Hbond substituents is 1. The molecular weight excluding hydrogens is 1000 g/mol. The Bertz CT molecular complexity index is 2970. The molecule has 382 valence electrons. The molecule has 3 heterocycles. The third-order valence-electron chi connectivity index (χ3n) is 12.0. The number of hydrogen-bond donors (Lipinski definition) is 2. The van der Waals surface area contributed by atoms with Gasteiger partial charge in [0.15, 0.2) is 39.1 Å². The number of nitriles is 1. The van der Waals surface area contributed by atoms with Gasteiger partial charge >= 0.3 is 18.4 Å². The van der Waals surface area contributed by atoms with E-state index in [2.05, 4.69) is 0 Å². The standard InChI is InChI=1S/C48H42F8N6O7S2.H3N/c1-44(2,3)69-43(67)58-17-16-29(68-37-15-12-28(21-34(37)50)62-41(70)59(39(65)46(62,6)7)25-9-8-24(23-57)31(18-25)47(51,52)53)22-35(58)38(64)30-13-10-26(19-32(30)48(54,55)56)60-40(66)45(4,5)61(42(60)71)27-11-14-36(63)33(49)20-27;/h8-15,18-21,29,35,63H,16-17,22H2,1-7H3;1H3. The molecule has 3 aliphatic heterocycles. The molecule has 0 radical (unpaired) electrons. The first-order valence-electron chi connectivity index (χ1n) is 21.5. The van der Waals surface area contributed by atoms with Crippen LogP contribution >= 0.6 is 24.4 Å². The summed E-state index contributed by atoms with van der Waals surface area (Å²) in [5, 5.41) is 18.3. The van der Waals surface area contributed by atoms with Crippen LogP contribution in [0, 0.1) is 23.0 Å². The molecule has 4 aromatic rings. The number of hydrogen-bond acceptors (Lipinski definition) is 11. The average molecular weight is 1050 g/mol. The predicted molar refractivity (Wildman–Crippen MR) is 255 cm³/mol. The molecule has 4 aromatic carbocycles. The number of Topliss-reactive ketones (excluding diaryl/α,β-unsaturated/α-hetero) is 1. The molecule has 2 unspecified atom stereocenters. The molecular formula is C48H45F8N7O7S2. The number of halogens is 8. The van der Waals surface area contributed by atoms with Crippen molar-refractivity contribution in [1.29, 1.82) is 5.26 Å². The normalized spacial score (nSPS) is 19.1. The van der Waals surface area contributed by atoms with Crippen LogP contribution in [0.25, 0.3) is 0 Å². The number of carbonyl (C=O) groups excluding carboxylic acids is 4. The lowest BCUT2D eigenvalue weighted by molar-refractivity contribution is -0.138. The van der Waals surface area contributed by atoms with Crippen molar-refractivity contribution >= 4 is 81.1 Å². The van der Waals surface area contributed by atoms with E-state index in [0.29, 0.717) is 12.1 Å². The molecule has 72 heavy (non-hydrogen) atoms. The van der Waals surface area contributed by atoms with Crippen molar-refractivity contribution in [2.75, 3.05) is 26.1 Å². The number of thiocarbonyl (C=S) groups is 2. The summed E-state index contributed by atoms with van der Waals surface area (Å²) in [6, 6.07) is 11.4. The van der Waals surface area contributed by atoms with Crippen molar-refractivity contribution in [2.24, 2.45) is 0 Å². The molecule has 7 rings (SSSR count). The highest BCUT2D eigenvalue weighted by Crippen LogP contribution is 2.44. The van der Waals surface area contributed by atoms with Crippen LogP contribution in [-0.4, -0.2) is 79.3 Å². The van der Waals surface area contributed by atoms with Gasteiger partial charge in [-0.15, -0.1) is 0 Å². The summed E-state index contributed by atoms with van der Waals surface area (Å²) in [5.74, 6) is -5.99. The zero-order valence-electron chi connectivity index (χ0n) is 39.3. The monoisotopic (exact) mass is 1050 g/mol. The zero-order chi connectivity index (χ0) is 52.7. The van der Waals surface area contributed by atoms with Crippen LogP contribution < -0.4 is 30.5 Å². The Morgan fingerprint density at radius 3 is 1.71 bits per heavy atom. The first-order chi connectivity index (χ1) is 32.8. The minimum atomic E-state index is -5.24. The lowest BCUT2D eigenvalue weighted by atomic mass is 9.90. The van der Waals surface area contributed by atoms with Crippen LogP contribution in [0.5, 0.6) is 11.5 Å². The molecule has 0 saturated carbocycles. The van der Waals surface area contributed by atoms with Crippen molar-refractivity contribution in [3.8, 4) is 17.6 Å². The zero-order valence-corrected chi connectivity index (χ0v) is 41.0. The SMILES string of the molecule is CC(C)(C)OC(=O)N1CCC(Oc2ccc(N3C(=S)N(c4ccc(C#N)c(C(F)(F)F)c4)C(=O)C3(C)C)cc2F)CC1C(=O)c1ccc(N2C(=O)C(C)(C)N(c3ccc(O)c(F)c3)C2=S)cc1C(F)(F)F.N. The summed E-state index contributed by atoms with van der Waals surface area (Å²) in [6.45, 7) is 9.92. The van der Waals surface area contributed by atoms with Crippen LogP contribution in [-0.2, 0) is 26.7 Å². The number of piperidine rings is 1. The molecule has 3 fully saturated rings. The maximum atomic E-state index is 16.1. The van der Waals surface area contributed by atoms with E-state index in [-0.39, 0.29) is 46.4 Å². The van der Waals surface area contributed by atoms with Crippen molar-refractivity contribution in [3.05, 3.63) is 107 Å². The van der Waals surface area contributed by atoms with Crippen molar-refractivity contribution in [1.82, 2.24) is 11.1 Å². The quantitative estimate of drug-likeness (QED) is 0.0967. The Kier molecular flexibility index (Phi) is 14.3. The van der Waals surface area contributed by atoms with E-state index >= 15 is 17.6 Å². The fraction of sp³-hybridized carbons (Fsp3) is 0.354. The van der Waals surface area contributed by atoms with Gasteiger partial charge < -0.3 is 30.5 Å². The number of aromatic hydroxyl groups is 1. The number of carbonyl (C=O) groups is 4. The fourth-order valence-corrected chi connectivity index (χ4v) is 9.63. The number of phenols is 1. The molecule has 3 amide bonds. The number of alkyl halides is 6. The third kappa shape index (κ3) is 9.84. The number of ether oxygens (including phenoxy) is 2. The number of likely N-dealkylation sites (tertiary alicyclic amines) is 1. The maximum Gasteiger partial charge on any atom is 0.417 e. The molecule has 0 aliphatic carbocycles. The first-order valence-corrected chi connectivity index (χ1v) is 22.3. The van der Waals surface area contributed by atoms with Gasteiger partial charge in [0.1, 0.15) is 28.8 Å². The smallest absolute Gasteiger partial charge is 0.417 e. The lowest BCUT2D eigenvalue weighted by Crippen LogP contribution is -2.53. The second-order valence-electron chi connectivity index (χ2n) is 18.8. The van der Waals surface area contributed by atoms with Gasteiger partial charge in [0.05, 0.1) is 34.1 Å². The number of nitrogens with zero attached hydrogens (tertiary/aromatic N) is 6. The molecule has 0 spiro atoms. The maximum absolute atomic E-state index is 16.1. The van der Waals surface area contributed by atoms with Crippen molar-refractivity contribution in [2.45, 2.75) is 102 Å². The molecule has 0 aromatic heterocycles. The number of benzene rings is 4. The number of anilines is 4. The van der Waals surface area contributed by atoms with E-state index in [1.54, 1.807) is 0 Å². The molecule has 0 bridgehead atoms. The Morgan fingerprint density at radius 1 is 0.736 bits per heavy atom. The Balaban J connectivity index is 0.00000847. The number of rotatable bonds is 8. The minimum Gasteiger partial charge on any atom is -0.505 e. The first kappa shape index (κ1) is 54.4. The third-order valence-corrected chi connectivity index (χ3v) is 12.7. The second-order valence-corrected chi connectivity index (χ2v) is 19.5. The highest BCUT2D eigenvalue weighted by molar-refractivity contribution is 7.81. The summed E-state index contributed by atoms with van der Waals surface area (Å²) in [6.07, 6.45) is -12.9. The highest BCUT2D eigenvalue weighted by Gasteiger charge is 2.53. The predicted octanol–water partition coefficient (Wildman–Crippen LogP) is 10.6. The minimum absolute atomic E-state index is 0. The van der Waals surface area contributed by atoms with Crippen LogP contribution in [0.15, 0.2) is 72.8 Å². The molecule has 3 aliphatic rings. The van der Waals surface area contributed by atoms with E-state index in [1.807, 2.05) is 0 Å². The van der Waals surface area contributed by atoms with Crippen molar-refractivity contribution < 1.29 is 68.9 Å². The topological polar surface area (TPSA) is 182 Å². The van der Waals surface area contributed by atoms with Gasteiger partial charge in [0.25, 0.3) is 11.8 Å². The molecule has 2 atom stereocenters. The summed E-state index contributed by atoms with van der Waals surface area (Å²) in [5.41, 5.74) is -9.38. The summed E-state index contributed by atoms with van der Waals surface area (Å²) >= 11 is 11.1. The summed E-state index contributed by atoms with van der Waals surface area (Å²) < 4.78 is 129. The van der Waals surface area contributed by atoms with Crippen molar-refractivity contribution in [3.63, 3.8) is 0 Å². The van der Waals surface area contributed by atoms with E-state index in [9.17, 15) is 47.1 Å². The number of ketones is 1.